The summed E-state index contributed by atoms with van der Waals surface area (Å²) in [4.78, 5) is 4.18. The molecule has 0 fully saturated rings. The molecule has 2 heterocycles. The summed E-state index contributed by atoms with van der Waals surface area (Å²) in [5, 5.41) is 11.3. The summed E-state index contributed by atoms with van der Waals surface area (Å²) < 4.78 is 0. The van der Waals surface area contributed by atoms with E-state index in [0.29, 0.717) is 0 Å². The van der Waals surface area contributed by atoms with E-state index in [1.165, 1.54) is 0 Å². The summed E-state index contributed by atoms with van der Waals surface area (Å²) in [5.41, 5.74) is 2.69. The third-order valence-corrected chi connectivity index (χ3v) is 2.32. The van der Waals surface area contributed by atoms with Crippen LogP contribution in [0.4, 0.5) is 0 Å². The van der Waals surface area contributed by atoms with Gasteiger partial charge in [0, 0.05) is 18.6 Å². The lowest BCUT2D eigenvalue weighted by Gasteiger charge is -2.03. The van der Waals surface area contributed by atoms with Crippen LogP contribution in [-0.2, 0) is 0 Å². The second-order valence-electron chi connectivity index (χ2n) is 3.33. The van der Waals surface area contributed by atoms with Crippen molar-refractivity contribution >= 4 is 16.7 Å². The van der Waals surface area contributed by atoms with Crippen molar-refractivity contribution in [3.63, 3.8) is 0 Å². The first-order chi connectivity index (χ1) is 7.86. The molecule has 4 nitrogen and oxygen atoms in total. The molecule has 0 atom stereocenters. The fourth-order valence-corrected chi connectivity index (χ4v) is 1.54. The molecule has 0 radical (unpaired) electrons. The summed E-state index contributed by atoms with van der Waals surface area (Å²) in [6, 6.07) is 3.91. The van der Waals surface area contributed by atoms with Gasteiger partial charge in [0.1, 0.15) is 0 Å². The first-order valence-corrected chi connectivity index (χ1v) is 5.17. The molecule has 0 aromatic carbocycles. The molecule has 0 spiro atoms. The SMILES string of the molecule is C/C=C\C=C(/NC)c1[nH]nc2ncccc12. The molecule has 0 bridgehead atoms. The van der Waals surface area contributed by atoms with Crippen LogP contribution < -0.4 is 5.32 Å². The highest BCUT2D eigenvalue weighted by Gasteiger charge is 2.08. The topological polar surface area (TPSA) is 53.6 Å². The number of hydrogen-bond donors (Lipinski definition) is 2. The number of fused-ring (bicyclic) bond motifs is 1. The molecule has 0 aliphatic carbocycles. The zero-order valence-corrected chi connectivity index (χ0v) is 9.36. The fraction of sp³-hybridized carbons (Fsp3) is 0.167. The molecule has 2 aromatic rings. The predicted molar refractivity (Wildman–Crippen MR) is 65.7 cm³/mol. The molecule has 4 heteroatoms. The van der Waals surface area contributed by atoms with Crippen molar-refractivity contribution < 1.29 is 0 Å². The molecule has 0 amide bonds. The minimum absolute atomic E-state index is 0.735. The molecule has 16 heavy (non-hydrogen) atoms. The number of hydrogen-bond acceptors (Lipinski definition) is 3. The van der Waals surface area contributed by atoms with Gasteiger partial charge in [-0.3, -0.25) is 5.10 Å². The van der Waals surface area contributed by atoms with E-state index in [-0.39, 0.29) is 0 Å². The van der Waals surface area contributed by atoms with Gasteiger partial charge in [0.25, 0.3) is 0 Å². The van der Waals surface area contributed by atoms with E-state index in [1.807, 2.05) is 44.3 Å². The largest absolute Gasteiger partial charge is 0.386 e. The van der Waals surface area contributed by atoms with Crippen LogP contribution in [0.15, 0.2) is 36.6 Å². The quantitative estimate of drug-likeness (QED) is 0.769. The summed E-state index contributed by atoms with van der Waals surface area (Å²) in [7, 11) is 1.89. The van der Waals surface area contributed by atoms with E-state index in [1.54, 1.807) is 6.20 Å². The monoisotopic (exact) mass is 214 g/mol. The predicted octanol–water partition coefficient (Wildman–Crippen LogP) is 2.09. The van der Waals surface area contributed by atoms with Crippen LogP contribution in [-0.4, -0.2) is 22.2 Å². The highest BCUT2D eigenvalue weighted by molar-refractivity contribution is 5.87. The first kappa shape index (κ1) is 10.4. The highest BCUT2D eigenvalue weighted by Crippen LogP contribution is 2.18. The van der Waals surface area contributed by atoms with E-state index in [9.17, 15) is 0 Å². The van der Waals surface area contributed by atoms with Crippen molar-refractivity contribution in [3.05, 3.63) is 42.3 Å². The van der Waals surface area contributed by atoms with Gasteiger partial charge in [0.05, 0.1) is 11.4 Å². The van der Waals surface area contributed by atoms with Crippen LogP contribution in [0.1, 0.15) is 12.6 Å². The van der Waals surface area contributed by atoms with E-state index in [0.717, 1.165) is 22.4 Å². The number of nitrogens with zero attached hydrogens (tertiary/aromatic N) is 2. The Kier molecular flexibility index (Phi) is 3.00. The Morgan fingerprint density at radius 3 is 3.12 bits per heavy atom. The Balaban J connectivity index is 2.53. The Morgan fingerprint density at radius 2 is 2.38 bits per heavy atom. The number of H-pyrrole nitrogens is 1. The van der Waals surface area contributed by atoms with Crippen LogP contribution >= 0.6 is 0 Å². The molecule has 0 saturated heterocycles. The summed E-state index contributed by atoms with van der Waals surface area (Å²) in [5.74, 6) is 0. The van der Waals surface area contributed by atoms with Gasteiger partial charge in [-0.2, -0.15) is 5.10 Å². The average Bonchev–Trinajstić information content (AvgIpc) is 2.75. The van der Waals surface area contributed by atoms with Crippen molar-refractivity contribution in [2.24, 2.45) is 0 Å². The highest BCUT2D eigenvalue weighted by atomic mass is 15.2. The average molecular weight is 214 g/mol. The maximum Gasteiger partial charge on any atom is 0.181 e. The lowest BCUT2D eigenvalue weighted by molar-refractivity contribution is 1.04. The van der Waals surface area contributed by atoms with Crippen molar-refractivity contribution in [1.82, 2.24) is 20.5 Å². The molecule has 0 aliphatic rings. The Morgan fingerprint density at radius 1 is 1.50 bits per heavy atom. The van der Waals surface area contributed by atoms with Gasteiger partial charge in [-0.25, -0.2) is 4.98 Å². The number of aromatic nitrogens is 3. The van der Waals surface area contributed by atoms with E-state index < -0.39 is 0 Å². The molecular formula is C12H14N4. The third kappa shape index (κ3) is 1.82. The van der Waals surface area contributed by atoms with Gasteiger partial charge in [-0.1, -0.05) is 12.2 Å². The fourth-order valence-electron chi connectivity index (χ4n) is 1.54. The zero-order chi connectivity index (χ0) is 11.4. The lowest BCUT2D eigenvalue weighted by atomic mass is 10.2. The van der Waals surface area contributed by atoms with Gasteiger partial charge >= 0.3 is 0 Å². The second-order valence-corrected chi connectivity index (χ2v) is 3.33. The summed E-state index contributed by atoms with van der Waals surface area (Å²) >= 11 is 0. The summed E-state index contributed by atoms with van der Waals surface area (Å²) in [6.07, 6.45) is 7.70. The first-order valence-electron chi connectivity index (χ1n) is 5.17. The van der Waals surface area contributed by atoms with Crippen LogP contribution in [0.2, 0.25) is 0 Å². The molecule has 2 aromatic heterocycles. The minimum Gasteiger partial charge on any atom is -0.386 e. The van der Waals surface area contributed by atoms with Crippen LogP contribution in [0.5, 0.6) is 0 Å². The smallest absolute Gasteiger partial charge is 0.181 e. The van der Waals surface area contributed by atoms with Gasteiger partial charge < -0.3 is 5.32 Å². The Bertz CT molecular complexity index is 537. The van der Waals surface area contributed by atoms with Crippen LogP contribution in [0.25, 0.3) is 16.7 Å². The minimum atomic E-state index is 0.735. The van der Waals surface area contributed by atoms with Gasteiger partial charge in [-0.15, -0.1) is 0 Å². The molecule has 0 unspecified atom stereocenters. The molecular weight excluding hydrogens is 200 g/mol. The third-order valence-electron chi connectivity index (χ3n) is 2.32. The zero-order valence-electron chi connectivity index (χ0n) is 9.36. The molecule has 0 aliphatic heterocycles. The molecule has 2 rings (SSSR count). The van der Waals surface area contributed by atoms with Gasteiger partial charge in [0.2, 0.25) is 0 Å². The van der Waals surface area contributed by atoms with E-state index >= 15 is 0 Å². The number of nitrogens with one attached hydrogen (secondary N) is 2. The van der Waals surface area contributed by atoms with Crippen molar-refractivity contribution in [3.8, 4) is 0 Å². The van der Waals surface area contributed by atoms with Crippen molar-refractivity contribution in [2.75, 3.05) is 7.05 Å². The Labute approximate surface area is 94.1 Å². The molecule has 2 N–H and O–H groups in total. The molecule has 0 saturated carbocycles. The number of allylic oxidation sites excluding steroid dienone is 3. The normalized spacial score (nSPS) is 12.5. The standard InChI is InChI=1S/C12H14N4/c1-3-4-7-10(13-2)11-9-6-5-8-14-12(9)16-15-11/h3-8,13H,1-2H3,(H,14,15,16)/b4-3-,10-7-. The maximum atomic E-state index is 4.18. The van der Waals surface area contributed by atoms with Gasteiger partial charge in [0.15, 0.2) is 5.65 Å². The van der Waals surface area contributed by atoms with Crippen molar-refractivity contribution in [1.29, 1.82) is 0 Å². The van der Waals surface area contributed by atoms with E-state index in [2.05, 4.69) is 20.5 Å². The van der Waals surface area contributed by atoms with E-state index in [4.69, 9.17) is 0 Å². The summed E-state index contributed by atoms with van der Waals surface area (Å²) in [6.45, 7) is 1.98. The lowest BCUT2D eigenvalue weighted by Crippen LogP contribution is -2.04. The van der Waals surface area contributed by atoms with Crippen molar-refractivity contribution in [2.45, 2.75) is 6.92 Å². The maximum absolute atomic E-state index is 4.18. The Hall–Kier alpha value is -2.10. The number of rotatable bonds is 3. The number of pyridine rings is 1. The van der Waals surface area contributed by atoms with Crippen LogP contribution in [0.3, 0.4) is 0 Å². The van der Waals surface area contributed by atoms with Gasteiger partial charge in [-0.05, 0) is 25.1 Å². The number of aromatic amines is 1. The second kappa shape index (κ2) is 4.61. The van der Waals surface area contributed by atoms with Crippen LogP contribution in [0, 0.1) is 0 Å². The molecule has 82 valence electrons.